The van der Waals surface area contributed by atoms with Crippen molar-refractivity contribution in [1.82, 2.24) is 19.9 Å². The van der Waals surface area contributed by atoms with E-state index in [1.54, 1.807) is 56.5 Å². The Labute approximate surface area is 225 Å². The number of carbonyl (C=O) groups is 1. The summed E-state index contributed by atoms with van der Waals surface area (Å²) in [4.78, 5) is 27.5. The summed E-state index contributed by atoms with van der Waals surface area (Å²) in [6, 6.07) is 8.85. The number of aliphatic hydroxyl groups is 1. The van der Waals surface area contributed by atoms with E-state index in [0.717, 1.165) is 0 Å². The van der Waals surface area contributed by atoms with Crippen LogP contribution < -0.4 is 20.1 Å². The molecule has 0 aliphatic heterocycles. The highest BCUT2D eigenvalue weighted by atomic mass is 32.1. The van der Waals surface area contributed by atoms with Gasteiger partial charge in [-0.1, -0.05) is 23.5 Å². The van der Waals surface area contributed by atoms with Crippen LogP contribution in [0.3, 0.4) is 0 Å². The predicted molar refractivity (Wildman–Crippen MR) is 150 cm³/mol. The number of nitrogens with zero attached hydrogens (tertiary/aromatic N) is 4. The van der Waals surface area contributed by atoms with E-state index in [1.807, 2.05) is 24.4 Å². The third-order valence-corrected chi connectivity index (χ3v) is 6.12. The summed E-state index contributed by atoms with van der Waals surface area (Å²) in [5.74, 6) is 1.21. The fourth-order valence-corrected chi connectivity index (χ4v) is 4.21. The van der Waals surface area contributed by atoms with Gasteiger partial charge in [0.05, 0.1) is 23.9 Å². The number of thiazole rings is 1. The van der Waals surface area contributed by atoms with Gasteiger partial charge < -0.3 is 30.1 Å². The lowest BCUT2D eigenvalue weighted by Gasteiger charge is -2.23. The number of methoxy groups -OCH3 is 1. The number of anilines is 3. The number of nitrogens with one attached hydrogen (secondary N) is 2. The first-order valence-corrected chi connectivity index (χ1v) is 12.7. The minimum Gasteiger partial charge on any atom is -0.494 e. The second-order valence-electron chi connectivity index (χ2n) is 9.24. The Kier molecular flexibility index (Phi) is 8.20. The number of ether oxygens (including phenoxy) is 2. The molecule has 0 saturated heterocycles. The molecule has 0 aliphatic carbocycles. The number of benzene rings is 2. The monoisotopic (exact) mass is 534 g/mol. The smallest absolute Gasteiger partial charge is 0.278 e. The largest absolute Gasteiger partial charge is 0.494 e. The van der Waals surface area contributed by atoms with E-state index in [9.17, 15) is 9.90 Å². The van der Waals surface area contributed by atoms with Gasteiger partial charge in [0.1, 0.15) is 23.6 Å². The molecule has 10 nitrogen and oxygen atoms in total. The van der Waals surface area contributed by atoms with Gasteiger partial charge in [-0.3, -0.25) is 4.79 Å². The zero-order chi connectivity index (χ0) is 27.3. The van der Waals surface area contributed by atoms with Crippen molar-refractivity contribution in [2.24, 2.45) is 0 Å². The minimum absolute atomic E-state index is 0.285. The summed E-state index contributed by atoms with van der Waals surface area (Å²) in [5.41, 5.74) is 1.18. The molecule has 0 radical (unpaired) electrons. The Balaban J connectivity index is 1.71. The van der Waals surface area contributed by atoms with Gasteiger partial charge in [0.25, 0.3) is 5.19 Å². The molecule has 0 unspecified atom stereocenters. The highest BCUT2D eigenvalue weighted by Gasteiger charge is 2.22. The molecule has 3 N–H and O–H groups in total. The number of fused-ring (bicyclic) bond motifs is 1. The average molecular weight is 535 g/mol. The van der Waals surface area contributed by atoms with Gasteiger partial charge in [0.15, 0.2) is 0 Å². The van der Waals surface area contributed by atoms with E-state index in [2.05, 4.69) is 25.6 Å². The Morgan fingerprint density at radius 2 is 1.97 bits per heavy atom. The van der Waals surface area contributed by atoms with Crippen molar-refractivity contribution >= 4 is 45.3 Å². The number of amides is 1. The maximum absolute atomic E-state index is 12.5. The normalized spacial score (nSPS) is 11.8. The topological polar surface area (TPSA) is 122 Å². The summed E-state index contributed by atoms with van der Waals surface area (Å²) in [5, 5.41) is 20.0. The van der Waals surface area contributed by atoms with Gasteiger partial charge in [-0.2, -0.15) is 0 Å². The van der Waals surface area contributed by atoms with Crippen molar-refractivity contribution < 1.29 is 19.4 Å². The molecule has 0 fully saturated rings. The van der Waals surface area contributed by atoms with Crippen molar-refractivity contribution in [2.45, 2.75) is 19.4 Å². The van der Waals surface area contributed by atoms with Crippen LogP contribution in [-0.2, 0) is 10.4 Å². The van der Waals surface area contributed by atoms with Crippen LogP contribution in [0.4, 0.5) is 17.2 Å². The summed E-state index contributed by atoms with van der Waals surface area (Å²) in [6.45, 7) is 4.05. The van der Waals surface area contributed by atoms with Crippen LogP contribution in [0.2, 0.25) is 0 Å². The number of aromatic nitrogens is 3. The lowest BCUT2D eigenvalue weighted by molar-refractivity contribution is -0.111. The molecule has 2 heterocycles. The number of carbonyl (C=O) groups excluding carboxylic acids is 1. The van der Waals surface area contributed by atoms with Crippen LogP contribution in [-0.4, -0.2) is 58.6 Å². The predicted octanol–water partition coefficient (Wildman–Crippen LogP) is 4.91. The number of likely N-dealkylation sites (N-methyl/N-ethyl adjacent to an activating group) is 1. The number of rotatable bonds is 10. The molecule has 4 rings (SSSR count). The van der Waals surface area contributed by atoms with E-state index < -0.39 is 5.60 Å². The SMILES string of the molecule is COc1cc2ncnc(Nc3cc(Oc4nccs4)ccc3C(C)(C)O)c2cc1NC(=O)/C=C/CN(C)C. The highest BCUT2D eigenvalue weighted by molar-refractivity contribution is 7.11. The van der Waals surface area contributed by atoms with Gasteiger partial charge in [0.2, 0.25) is 5.91 Å². The van der Waals surface area contributed by atoms with E-state index in [4.69, 9.17) is 9.47 Å². The first-order valence-electron chi connectivity index (χ1n) is 11.8. The molecule has 2 aromatic heterocycles. The zero-order valence-corrected chi connectivity index (χ0v) is 22.7. The lowest BCUT2D eigenvalue weighted by Crippen LogP contribution is -2.17. The Morgan fingerprint density at radius 3 is 2.66 bits per heavy atom. The molecule has 0 bridgehead atoms. The number of hydrogen-bond acceptors (Lipinski definition) is 10. The summed E-state index contributed by atoms with van der Waals surface area (Å²) in [7, 11) is 5.38. The fourth-order valence-electron chi connectivity index (χ4n) is 3.71. The van der Waals surface area contributed by atoms with Crippen molar-refractivity contribution in [1.29, 1.82) is 0 Å². The van der Waals surface area contributed by atoms with Crippen LogP contribution in [0.5, 0.6) is 16.7 Å². The molecule has 11 heteroatoms. The van der Waals surface area contributed by atoms with E-state index in [-0.39, 0.29) is 5.91 Å². The third-order valence-electron chi connectivity index (χ3n) is 5.47. The van der Waals surface area contributed by atoms with E-state index in [0.29, 0.717) is 56.9 Å². The lowest BCUT2D eigenvalue weighted by atomic mass is 9.96. The molecule has 0 atom stereocenters. The molecular formula is C27H30N6O4S. The quantitative estimate of drug-likeness (QED) is 0.244. The second kappa shape index (κ2) is 11.5. The van der Waals surface area contributed by atoms with Crippen LogP contribution in [0.15, 0.2) is 60.4 Å². The molecule has 38 heavy (non-hydrogen) atoms. The molecule has 2 aromatic carbocycles. The van der Waals surface area contributed by atoms with Crippen LogP contribution in [0.1, 0.15) is 19.4 Å². The first kappa shape index (κ1) is 27.0. The van der Waals surface area contributed by atoms with E-state index >= 15 is 0 Å². The molecule has 0 aliphatic rings. The third kappa shape index (κ3) is 6.62. The Bertz CT molecular complexity index is 1450. The molecule has 1 amide bonds. The highest BCUT2D eigenvalue weighted by Crippen LogP contribution is 2.37. The average Bonchev–Trinajstić information content (AvgIpc) is 3.36. The molecule has 4 aromatic rings. The second-order valence-corrected chi connectivity index (χ2v) is 10.1. The van der Waals surface area contributed by atoms with E-state index in [1.165, 1.54) is 30.8 Å². The first-order chi connectivity index (χ1) is 18.1. The molecular weight excluding hydrogens is 504 g/mol. The van der Waals surface area contributed by atoms with Gasteiger partial charge in [-0.25, -0.2) is 15.0 Å². The van der Waals surface area contributed by atoms with Gasteiger partial charge in [0, 0.05) is 53.0 Å². The Morgan fingerprint density at radius 1 is 1.16 bits per heavy atom. The number of hydrogen-bond donors (Lipinski definition) is 3. The van der Waals surface area contributed by atoms with Crippen LogP contribution >= 0.6 is 11.3 Å². The van der Waals surface area contributed by atoms with Crippen molar-refractivity contribution in [3.05, 3.63) is 66.0 Å². The zero-order valence-electron chi connectivity index (χ0n) is 21.8. The van der Waals surface area contributed by atoms with Crippen molar-refractivity contribution in [2.75, 3.05) is 38.4 Å². The molecule has 0 saturated carbocycles. The summed E-state index contributed by atoms with van der Waals surface area (Å²) in [6.07, 6.45) is 6.36. The van der Waals surface area contributed by atoms with Crippen LogP contribution in [0.25, 0.3) is 10.9 Å². The van der Waals surface area contributed by atoms with Crippen LogP contribution in [0, 0.1) is 0 Å². The summed E-state index contributed by atoms with van der Waals surface area (Å²) < 4.78 is 11.4. The van der Waals surface area contributed by atoms with Gasteiger partial charge in [-0.15, -0.1) is 0 Å². The molecule has 198 valence electrons. The van der Waals surface area contributed by atoms with Gasteiger partial charge in [-0.05, 0) is 40.1 Å². The fraction of sp³-hybridized carbons (Fsp3) is 0.259. The summed E-state index contributed by atoms with van der Waals surface area (Å²) >= 11 is 1.38. The van der Waals surface area contributed by atoms with Gasteiger partial charge >= 0.3 is 0 Å². The Hall–Kier alpha value is -4.06. The maximum atomic E-state index is 12.5. The van der Waals surface area contributed by atoms with Crippen molar-refractivity contribution in [3.8, 4) is 16.7 Å². The minimum atomic E-state index is -1.15. The maximum Gasteiger partial charge on any atom is 0.278 e. The standard InChI is InChI=1S/C27H30N6O4S/c1-27(2,35)19-9-8-17(37-26-28-10-12-38-26)13-21(19)32-25-18-14-22(31-24(34)7-6-11-33(3)4)23(36-5)15-20(18)29-16-30-25/h6-10,12-16,35H,11H2,1-5H3,(H,31,34)(H,29,30,32)/b7-6+. The molecule has 0 spiro atoms. The van der Waals surface area contributed by atoms with Crippen molar-refractivity contribution in [3.63, 3.8) is 0 Å².